The van der Waals surface area contributed by atoms with E-state index in [-0.39, 0.29) is 0 Å². The second kappa shape index (κ2) is 8.59. The molecule has 1 fully saturated rings. The molecule has 3 rings (SSSR count). The topological polar surface area (TPSA) is 0 Å². The molecule has 0 aliphatic heterocycles. The van der Waals surface area contributed by atoms with Crippen LogP contribution in [0.1, 0.15) is 67.2 Å². The van der Waals surface area contributed by atoms with E-state index in [9.17, 15) is 0 Å². The van der Waals surface area contributed by atoms with Crippen LogP contribution in [0.5, 0.6) is 0 Å². The number of hydrogen-bond acceptors (Lipinski definition) is 0. The van der Waals surface area contributed by atoms with Crippen LogP contribution in [0.15, 0.2) is 42.5 Å². The van der Waals surface area contributed by atoms with Crippen LogP contribution in [0.4, 0.5) is 0 Å². The Labute approximate surface area is 157 Å². The highest BCUT2D eigenvalue weighted by atomic mass is 35.5. The van der Waals surface area contributed by atoms with Crippen molar-refractivity contribution in [3.63, 3.8) is 0 Å². The normalized spacial score (nSPS) is 20.0. The fourth-order valence-corrected chi connectivity index (χ4v) is 3.97. The van der Waals surface area contributed by atoms with E-state index < -0.39 is 0 Å². The molecule has 1 saturated carbocycles. The fraction of sp³-hybridized carbons (Fsp3) is 0.417. The van der Waals surface area contributed by atoms with E-state index in [1.165, 1.54) is 42.4 Å². The van der Waals surface area contributed by atoms with E-state index in [1.807, 2.05) is 6.07 Å². The first-order valence-electron chi connectivity index (χ1n) is 9.52. The molecular formula is C24H27Cl. The molecule has 1 aliphatic carbocycles. The molecule has 130 valence electrons. The van der Waals surface area contributed by atoms with Gasteiger partial charge in [0.15, 0.2) is 0 Å². The summed E-state index contributed by atoms with van der Waals surface area (Å²) in [6.07, 6.45) is 7.06. The molecule has 0 heterocycles. The zero-order valence-electron chi connectivity index (χ0n) is 15.3. The van der Waals surface area contributed by atoms with Crippen molar-refractivity contribution in [1.29, 1.82) is 0 Å². The smallest absolute Gasteiger partial charge is 0.0450 e. The van der Waals surface area contributed by atoms with Gasteiger partial charge in [0.25, 0.3) is 0 Å². The Morgan fingerprint density at radius 2 is 1.72 bits per heavy atom. The molecule has 2 aromatic rings. The molecule has 1 heteroatoms. The Hall–Kier alpha value is -1.71. The molecule has 0 spiro atoms. The van der Waals surface area contributed by atoms with Crippen molar-refractivity contribution in [3.05, 3.63) is 69.7 Å². The van der Waals surface area contributed by atoms with E-state index >= 15 is 0 Å². The van der Waals surface area contributed by atoms with Crippen molar-refractivity contribution >= 4 is 11.6 Å². The third kappa shape index (κ3) is 4.90. The minimum atomic E-state index is 0.524. The Balaban J connectivity index is 1.58. The zero-order valence-corrected chi connectivity index (χ0v) is 16.1. The van der Waals surface area contributed by atoms with Crippen molar-refractivity contribution in [1.82, 2.24) is 0 Å². The van der Waals surface area contributed by atoms with Crippen molar-refractivity contribution in [2.45, 2.75) is 58.3 Å². The van der Waals surface area contributed by atoms with Crippen LogP contribution in [0.25, 0.3) is 0 Å². The van der Waals surface area contributed by atoms with Crippen molar-refractivity contribution in [2.24, 2.45) is 5.92 Å². The molecule has 0 atom stereocenters. The molecular weight excluding hydrogens is 324 g/mol. The van der Waals surface area contributed by atoms with Gasteiger partial charge < -0.3 is 0 Å². The highest BCUT2D eigenvalue weighted by molar-refractivity contribution is 6.31. The minimum Gasteiger partial charge on any atom is -0.0945 e. The SMILES string of the molecule is CCCc1ccc(C#C[C@H]2CC[C@H](c3ccc(C)cc3)CC2)cc1Cl. The quantitative estimate of drug-likeness (QED) is 0.526. The maximum Gasteiger partial charge on any atom is 0.0450 e. The molecule has 0 N–H and O–H groups in total. The summed E-state index contributed by atoms with van der Waals surface area (Å²) < 4.78 is 0. The Bertz CT molecular complexity index is 753. The van der Waals surface area contributed by atoms with Crippen LogP contribution in [0.3, 0.4) is 0 Å². The summed E-state index contributed by atoms with van der Waals surface area (Å²) >= 11 is 6.36. The second-order valence-electron chi connectivity index (χ2n) is 7.28. The molecule has 0 aromatic heterocycles. The first kappa shape index (κ1) is 18.1. The van der Waals surface area contributed by atoms with E-state index in [0.29, 0.717) is 11.8 Å². The van der Waals surface area contributed by atoms with Gasteiger partial charge in [-0.05, 0) is 68.2 Å². The highest BCUT2D eigenvalue weighted by Gasteiger charge is 2.21. The predicted octanol–water partition coefficient (Wildman–Crippen LogP) is 6.93. The van der Waals surface area contributed by atoms with Gasteiger partial charge in [-0.2, -0.15) is 0 Å². The van der Waals surface area contributed by atoms with Gasteiger partial charge in [0.1, 0.15) is 0 Å². The van der Waals surface area contributed by atoms with Crippen molar-refractivity contribution in [3.8, 4) is 11.8 Å². The van der Waals surface area contributed by atoms with Gasteiger partial charge in [-0.1, -0.05) is 72.7 Å². The summed E-state index contributed by atoms with van der Waals surface area (Å²) in [4.78, 5) is 0. The third-order valence-electron chi connectivity index (χ3n) is 5.27. The van der Waals surface area contributed by atoms with Crippen LogP contribution >= 0.6 is 11.6 Å². The minimum absolute atomic E-state index is 0.524. The van der Waals surface area contributed by atoms with E-state index in [1.54, 1.807) is 0 Å². The Morgan fingerprint density at radius 1 is 1.00 bits per heavy atom. The monoisotopic (exact) mass is 350 g/mol. The lowest BCUT2D eigenvalue weighted by atomic mass is 9.79. The molecule has 2 aromatic carbocycles. The lowest BCUT2D eigenvalue weighted by molar-refractivity contribution is 0.384. The molecule has 0 bridgehead atoms. The lowest BCUT2D eigenvalue weighted by Gasteiger charge is -2.26. The van der Waals surface area contributed by atoms with Gasteiger partial charge in [0.05, 0.1) is 0 Å². The number of hydrogen-bond donors (Lipinski definition) is 0. The van der Waals surface area contributed by atoms with Crippen LogP contribution in [-0.4, -0.2) is 0 Å². The lowest BCUT2D eigenvalue weighted by Crippen LogP contribution is -2.12. The molecule has 0 nitrogen and oxygen atoms in total. The maximum atomic E-state index is 6.36. The molecule has 0 saturated heterocycles. The van der Waals surface area contributed by atoms with Crippen molar-refractivity contribution < 1.29 is 0 Å². The third-order valence-corrected chi connectivity index (χ3v) is 5.62. The number of rotatable bonds is 3. The highest BCUT2D eigenvalue weighted by Crippen LogP contribution is 2.35. The van der Waals surface area contributed by atoms with Crippen LogP contribution in [-0.2, 0) is 6.42 Å². The summed E-state index contributed by atoms with van der Waals surface area (Å²) in [5, 5.41) is 0.858. The van der Waals surface area contributed by atoms with Crippen LogP contribution < -0.4 is 0 Å². The van der Waals surface area contributed by atoms with Gasteiger partial charge >= 0.3 is 0 Å². The van der Waals surface area contributed by atoms with E-state index in [2.05, 4.69) is 62.1 Å². The largest absolute Gasteiger partial charge is 0.0945 e. The number of benzene rings is 2. The average Bonchev–Trinajstić information content (AvgIpc) is 2.63. The number of halogens is 1. The molecule has 0 amide bonds. The fourth-order valence-electron chi connectivity index (χ4n) is 3.69. The first-order chi connectivity index (χ1) is 12.2. The summed E-state index contributed by atoms with van der Waals surface area (Å²) in [5.74, 6) is 8.07. The Morgan fingerprint density at radius 3 is 2.36 bits per heavy atom. The average molecular weight is 351 g/mol. The van der Waals surface area contributed by atoms with Crippen LogP contribution in [0, 0.1) is 24.7 Å². The number of aryl methyl sites for hydroxylation is 2. The van der Waals surface area contributed by atoms with E-state index in [4.69, 9.17) is 11.6 Å². The Kier molecular flexibility index (Phi) is 6.22. The van der Waals surface area contributed by atoms with Gasteiger partial charge in [-0.3, -0.25) is 0 Å². The standard InChI is InChI=1S/C24H27Cl/c1-3-4-23-16-11-20(17-24(23)25)8-7-19-9-14-22(15-10-19)21-12-5-18(2)6-13-21/h5-6,11-13,16-17,19,22H,3-4,9-10,14-15H2,1-2H3/t19-,22-. The van der Waals surface area contributed by atoms with Gasteiger partial charge in [-0.15, -0.1) is 0 Å². The summed E-state index contributed by atoms with van der Waals surface area (Å²) in [6, 6.07) is 15.3. The molecule has 0 radical (unpaired) electrons. The first-order valence-corrected chi connectivity index (χ1v) is 9.90. The van der Waals surface area contributed by atoms with E-state index in [0.717, 1.165) is 23.4 Å². The van der Waals surface area contributed by atoms with Crippen molar-refractivity contribution in [2.75, 3.05) is 0 Å². The molecule has 0 unspecified atom stereocenters. The summed E-state index contributed by atoms with van der Waals surface area (Å²) in [6.45, 7) is 4.33. The predicted molar refractivity (Wildman–Crippen MR) is 108 cm³/mol. The van der Waals surface area contributed by atoms with Gasteiger partial charge in [0.2, 0.25) is 0 Å². The molecule has 1 aliphatic rings. The zero-order chi connectivity index (χ0) is 17.6. The van der Waals surface area contributed by atoms with Crippen LogP contribution in [0.2, 0.25) is 5.02 Å². The maximum absolute atomic E-state index is 6.36. The summed E-state index contributed by atoms with van der Waals surface area (Å²) in [5.41, 5.74) is 5.11. The summed E-state index contributed by atoms with van der Waals surface area (Å²) in [7, 11) is 0. The van der Waals surface area contributed by atoms with Gasteiger partial charge in [0, 0.05) is 16.5 Å². The second-order valence-corrected chi connectivity index (χ2v) is 7.69. The molecule has 25 heavy (non-hydrogen) atoms. The van der Waals surface area contributed by atoms with Gasteiger partial charge in [-0.25, -0.2) is 0 Å².